The molecule has 0 N–H and O–H groups in total. The molecule has 2 aliphatic rings. The summed E-state index contributed by atoms with van der Waals surface area (Å²) >= 11 is 0. The van der Waals surface area contributed by atoms with Crippen LogP contribution in [-0.4, -0.2) is 15.4 Å². The standard InChI is InChI=1S/C34H28N2O2/c1-35-21-20-28-31(35)22-36(32(28)33(37)38-23-24-12-4-2-5-13-24)34(25-14-6-3-7-15-25)29-18-10-8-16-26(29)27-17-9-11-19-30(27)34/h2-21,32H,22-23H2,1H3/t32-/m0/s1. The van der Waals surface area contributed by atoms with Gasteiger partial charge in [0.2, 0.25) is 0 Å². The predicted octanol–water partition coefficient (Wildman–Crippen LogP) is 6.60. The molecule has 5 aromatic rings. The van der Waals surface area contributed by atoms with Gasteiger partial charge in [-0.2, -0.15) is 0 Å². The molecule has 0 bridgehead atoms. The van der Waals surface area contributed by atoms with Crippen molar-refractivity contribution in [1.82, 2.24) is 9.47 Å². The second-order valence-electron chi connectivity index (χ2n) is 10.1. The van der Waals surface area contributed by atoms with Gasteiger partial charge >= 0.3 is 5.97 Å². The number of hydrogen-bond donors (Lipinski definition) is 0. The first-order valence-corrected chi connectivity index (χ1v) is 13.1. The molecule has 0 radical (unpaired) electrons. The van der Waals surface area contributed by atoms with E-state index in [0.29, 0.717) is 6.54 Å². The minimum atomic E-state index is -0.649. The maximum Gasteiger partial charge on any atom is 0.328 e. The van der Waals surface area contributed by atoms with Gasteiger partial charge in [0.1, 0.15) is 12.6 Å². The van der Waals surface area contributed by atoms with Gasteiger partial charge in [0.05, 0.1) is 5.54 Å². The van der Waals surface area contributed by atoms with Gasteiger partial charge in [-0.3, -0.25) is 4.90 Å². The van der Waals surface area contributed by atoms with Gasteiger partial charge in [0, 0.05) is 31.0 Å². The lowest BCUT2D eigenvalue weighted by Crippen LogP contribution is -2.48. The fourth-order valence-electron chi connectivity index (χ4n) is 6.51. The largest absolute Gasteiger partial charge is 0.459 e. The van der Waals surface area contributed by atoms with Crippen molar-refractivity contribution in [3.8, 4) is 11.1 Å². The van der Waals surface area contributed by atoms with Gasteiger partial charge < -0.3 is 9.30 Å². The van der Waals surface area contributed by atoms with E-state index < -0.39 is 11.6 Å². The molecule has 1 atom stereocenters. The summed E-state index contributed by atoms with van der Waals surface area (Å²) < 4.78 is 8.17. The first-order chi connectivity index (χ1) is 18.7. The molecule has 0 amide bonds. The number of fused-ring (bicyclic) bond motifs is 4. The van der Waals surface area contributed by atoms with E-state index >= 15 is 0 Å². The van der Waals surface area contributed by atoms with E-state index in [9.17, 15) is 4.79 Å². The van der Waals surface area contributed by atoms with Crippen molar-refractivity contribution in [2.45, 2.75) is 24.7 Å². The van der Waals surface area contributed by atoms with Crippen molar-refractivity contribution < 1.29 is 9.53 Å². The third kappa shape index (κ3) is 3.24. The molecule has 4 aromatic carbocycles. The van der Waals surface area contributed by atoms with E-state index in [1.807, 2.05) is 42.6 Å². The Morgan fingerprint density at radius 1 is 0.789 bits per heavy atom. The maximum atomic E-state index is 14.1. The zero-order chi connectivity index (χ0) is 25.7. The predicted molar refractivity (Wildman–Crippen MR) is 148 cm³/mol. The zero-order valence-corrected chi connectivity index (χ0v) is 21.2. The molecular weight excluding hydrogens is 468 g/mol. The molecular formula is C34H28N2O2. The molecule has 0 saturated carbocycles. The molecule has 0 spiro atoms. The van der Waals surface area contributed by atoms with Crippen LogP contribution in [0.2, 0.25) is 0 Å². The number of carbonyl (C=O) groups excluding carboxylic acids is 1. The third-order valence-corrected chi connectivity index (χ3v) is 8.16. The number of aromatic nitrogens is 1. The van der Waals surface area contributed by atoms with Gasteiger partial charge in [-0.1, -0.05) is 109 Å². The van der Waals surface area contributed by atoms with Gasteiger partial charge in [-0.05, 0) is 39.4 Å². The van der Waals surface area contributed by atoms with Crippen molar-refractivity contribution >= 4 is 5.97 Å². The van der Waals surface area contributed by atoms with Gasteiger partial charge in [-0.15, -0.1) is 0 Å². The molecule has 2 heterocycles. The lowest BCUT2D eigenvalue weighted by atomic mass is 9.78. The monoisotopic (exact) mass is 496 g/mol. The highest BCUT2D eigenvalue weighted by molar-refractivity contribution is 5.85. The Bertz CT molecular complexity index is 1590. The number of aryl methyl sites for hydroxylation is 1. The summed E-state index contributed by atoms with van der Waals surface area (Å²) in [5.41, 5.74) is 8.44. The highest BCUT2D eigenvalue weighted by Crippen LogP contribution is 2.58. The molecule has 7 rings (SSSR count). The van der Waals surface area contributed by atoms with Crippen LogP contribution in [0.15, 0.2) is 121 Å². The Kier molecular flexibility index (Phi) is 5.31. The Labute approximate surface area is 222 Å². The van der Waals surface area contributed by atoms with Crippen molar-refractivity contribution in [3.05, 3.63) is 155 Å². The number of hydrogen-bond acceptors (Lipinski definition) is 3. The first-order valence-electron chi connectivity index (χ1n) is 13.1. The van der Waals surface area contributed by atoms with Crippen LogP contribution >= 0.6 is 0 Å². The summed E-state index contributed by atoms with van der Waals surface area (Å²) in [6, 6.07) is 39.3. The van der Waals surface area contributed by atoms with Gasteiger partial charge in [-0.25, -0.2) is 4.79 Å². The number of esters is 1. The molecule has 4 heteroatoms. The Hall–Kier alpha value is -4.41. The highest BCUT2D eigenvalue weighted by Gasteiger charge is 2.55. The van der Waals surface area contributed by atoms with Crippen molar-refractivity contribution in [2.75, 3.05) is 0 Å². The molecule has 0 saturated heterocycles. The van der Waals surface area contributed by atoms with Crippen LogP contribution in [0.25, 0.3) is 11.1 Å². The van der Waals surface area contributed by atoms with Crippen LogP contribution in [0.1, 0.15) is 39.6 Å². The number of carbonyl (C=O) groups is 1. The Morgan fingerprint density at radius 3 is 2.03 bits per heavy atom. The number of benzene rings is 4. The summed E-state index contributed by atoms with van der Waals surface area (Å²) in [6.07, 6.45) is 2.05. The Morgan fingerprint density at radius 2 is 1.37 bits per heavy atom. The molecule has 38 heavy (non-hydrogen) atoms. The lowest BCUT2D eigenvalue weighted by molar-refractivity contribution is -0.153. The van der Waals surface area contributed by atoms with E-state index in [1.165, 1.54) is 22.3 Å². The summed E-state index contributed by atoms with van der Waals surface area (Å²) in [5, 5.41) is 0. The van der Waals surface area contributed by atoms with Crippen molar-refractivity contribution in [2.24, 2.45) is 7.05 Å². The molecule has 1 aliphatic heterocycles. The quantitative estimate of drug-likeness (QED) is 0.257. The van der Waals surface area contributed by atoms with Crippen LogP contribution < -0.4 is 0 Å². The fourth-order valence-corrected chi connectivity index (χ4v) is 6.51. The molecule has 0 unspecified atom stereocenters. The topological polar surface area (TPSA) is 34.5 Å². The first kappa shape index (κ1) is 22.8. The normalized spacial score (nSPS) is 17.0. The van der Waals surface area contributed by atoms with Crippen LogP contribution in [0, 0.1) is 0 Å². The van der Waals surface area contributed by atoms with Gasteiger partial charge in [0.15, 0.2) is 0 Å². The maximum absolute atomic E-state index is 14.1. The SMILES string of the molecule is Cn1ccc2c1CN(C1(c3ccccc3)c3ccccc3-c3ccccc31)[C@@H]2C(=O)OCc1ccccc1. The Balaban J connectivity index is 1.43. The van der Waals surface area contributed by atoms with E-state index in [2.05, 4.69) is 95.4 Å². The summed E-state index contributed by atoms with van der Waals surface area (Å²) in [5.74, 6) is -0.226. The van der Waals surface area contributed by atoms with Gasteiger partial charge in [0.25, 0.3) is 0 Å². The summed E-state index contributed by atoms with van der Waals surface area (Å²) in [4.78, 5) is 16.4. The number of rotatable bonds is 5. The molecule has 1 aliphatic carbocycles. The van der Waals surface area contributed by atoms with E-state index in [4.69, 9.17) is 4.74 Å². The third-order valence-electron chi connectivity index (χ3n) is 8.16. The number of ether oxygens (including phenoxy) is 1. The van der Waals surface area contributed by atoms with Crippen molar-refractivity contribution in [1.29, 1.82) is 0 Å². The average Bonchev–Trinajstić information content (AvgIpc) is 3.62. The van der Waals surface area contributed by atoms with E-state index in [-0.39, 0.29) is 12.6 Å². The lowest BCUT2D eigenvalue weighted by Gasteiger charge is -2.44. The molecule has 1 aromatic heterocycles. The average molecular weight is 497 g/mol. The summed E-state index contributed by atoms with van der Waals surface area (Å²) in [6.45, 7) is 0.874. The molecule has 4 nitrogen and oxygen atoms in total. The number of nitrogens with zero attached hydrogens (tertiary/aromatic N) is 2. The van der Waals surface area contributed by atoms with Crippen LogP contribution in [0.3, 0.4) is 0 Å². The second-order valence-corrected chi connectivity index (χ2v) is 10.1. The van der Waals surface area contributed by atoms with E-state index in [0.717, 1.165) is 22.4 Å². The minimum Gasteiger partial charge on any atom is -0.459 e. The van der Waals surface area contributed by atoms with Crippen LogP contribution in [0.5, 0.6) is 0 Å². The fraction of sp³-hybridized carbons (Fsp3) is 0.147. The van der Waals surface area contributed by atoms with Crippen LogP contribution in [0.4, 0.5) is 0 Å². The summed E-state index contributed by atoms with van der Waals surface area (Å²) in [7, 11) is 2.06. The molecule has 186 valence electrons. The molecule has 0 fully saturated rings. The zero-order valence-electron chi connectivity index (χ0n) is 21.2. The smallest absolute Gasteiger partial charge is 0.328 e. The van der Waals surface area contributed by atoms with Crippen LogP contribution in [-0.2, 0) is 35.3 Å². The second kappa shape index (κ2) is 8.86. The van der Waals surface area contributed by atoms with Crippen molar-refractivity contribution in [3.63, 3.8) is 0 Å². The highest BCUT2D eigenvalue weighted by atomic mass is 16.5. The minimum absolute atomic E-state index is 0.226. The van der Waals surface area contributed by atoms with E-state index in [1.54, 1.807) is 0 Å².